The molecule has 4 N–H and O–H groups in total. The zero-order chi connectivity index (χ0) is 34.9. The molecule has 11 nitrogen and oxygen atoms in total. The average Bonchev–Trinajstić information content (AvgIpc) is 3.67. The van der Waals surface area contributed by atoms with Crippen LogP contribution >= 0.6 is 11.8 Å². The number of hydrogen-bond donors (Lipinski definition) is 4. The smallest absolute Gasteiger partial charge is 0.241 e. The van der Waals surface area contributed by atoms with Gasteiger partial charge in [-0.25, -0.2) is 13.4 Å². The van der Waals surface area contributed by atoms with E-state index in [9.17, 15) is 18.3 Å². The molecule has 0 spiro atoms. The lowest BCUT2D eigenvalue weighted by molar-refractivity contribution is -0.245. The number of carbonyl (C=O) groups excluding carboxylic acids is 1. The summed E-state index contributed by atoms with van der Waals surface area (Å²) >= 11 is 1.53. The number of sulfonamides is 1. The van der Waals surface area contributed by atoms with Crippen LogP contribution in [0, 0.1) is 6.92 Å². The predicted molar refractivity (Wildman–Crippen MR) is 189 cm³/mol. The maximum atomic E-state index is 13.5. The van der Waals surface area contributed by atoms with Crippen molar-refractivity contribution in [3.63, 3.8) is 0 Å². The largest absolute Gasteiger partial charge is 0.392 e. The third-order valence-electron chi connectivity index (χ3n) is 8.36. The first-order valence-corrected chi connectivity index (χ1v) is 18.7. The standard InChI is InChI=1S/C37H39N5O6S2/c1-25-7-17-32(18-8-25)50(45,46)42-33(19-26-5-3-2-4-6-26)35(44)38-21-27-9-15-30(16-10-27)36-47-31(23-49-37-39-24-40-41-37)20-34(48-36)29-13-11-28(22-43)12-14-29/h2-18,24,31,33-34,36,42-43H,19-23H2,1H3,(H,38,44)(H,39,40,41)/t31-,33+,34+,36+/m0/s1. The first-order valence-electron chi connectivity index (χ1n) is 16.2. The van der Waals surface area contributed by atoms with Crippen LogP contribution in [0.2, 0.25) is 0 Å². The average molecular weight is 714 g/mol. The van der Waals surface area contributed by atoms with Crippen molar-refractivity contribution in [1.82, 2.24) is 25.2 Å². The number of benzene rings is 4. The SMILES string of the molecule is Cc1ccc(S(=O)(=O)N[C@H](Cc2ccccc2)C(=O)NCc2ccc([C@@H]3O[C@H](CSc4ncn[nH]4)C[C@H](c4ccc(CO)cc4)O3)cc2)cc1. The number of aromatic amines is 1. The van der Waals surface area contributed by atoms with Crippen LogP contribution in [0.4, 0.5) is 0 Å². The number of nitrogens with zero attached hydrogens (tertiary/aromatic N) is 2. The summed E-state index contributed by atoms with van der Waals surface area (Å²) in [5.74, 6) is 0.206. The Kier molecular flexibility index (Phi) is 11.7. The van der Waals surface area contributed by atoms with Crippen molar-refractivity contribution >= 4 is 27.7 Å². The van der Waals surface area contributed by atoms with Gasteiger partial charge in [-0.2, -0.15) is 9.82 Å². The van der Waals surface area contributed by atoms with Crippen molar-refractivity contribution in [2.45, 2.75) is 67.5 Å². The van der Waals surface area contributed by atoms with Gasteiger partial charge in [0.05, 0.1) is 23.7 Å². The van der Waals surface area contributed by atoms with Crippen LogP contribution in [-0.4, -0.2) is 52.5 Å². The van der Waals surface area contributed by atoms with Crippen LogP contribution in [0.5, 0.6) is 0 Å². The zero-order valence-electron chi connectivity index (χ0n) is 27.4. The molecule has 0 unspecified atom stereocenters. The molecule has 4 atom stereocenters. The molecular weight excluding hydrogens is 675 g/mol. The van der Waals surface area contributed by atoms with Crippen LogP contribution in [0.3, 0.4) is 0 Å². The van der Waals surface area contributed by atoms with E-state index in [2.05, 4.69) is 25.2 Å². The summed E-state index contributed by atoms with van der Waals surface area (Å²) in [6.07, 6.45) is 1.28. The van der Waals surface area contributed by atoms with Gasteiger partial charge < -0.3 is 19.9 Å². The molecule has 5 aromatic rings. The van der Waals surface area contributed by atoms with Gasteiger partial charge in [-0.05, 0) is 47.7 Å². The van der Waals surface area contributed by atoms with Crippen molar-refractivity contribution in [3.05, 3.63) is 143 Å². The Balaban J connectivity index is 1.13. The number of nitrogens with one attached hydrogen (secondary N) is 3. The van der Waals surface area contributed by atoms with Gasteiger partial charge in [0, 0.05) is 24.3 Å². The summed E-state index contributed by atoms with van der Waals surface area (Å²) in [7, 11) is -3.95. The molecule has 13 heteroatoms. The van der Waals surface area contributed by atoms with E-state index in [0.29, 0.717) is 17.3 Å². The minimum Gasteiger partial charge on any atom is -0.392 e. The van der Waals surface area contributed by atoms with Crippen LogP contribution in [0.15, 0.2) is 120 Å². The normalized spacial score (nSPS) is 18.4. The molecule has 4 aromatic carbocycles. The van der Waals surface area contributed by atoms with Gasteiger partial charge in [0.1, 0.15) is 12.4 Å². The summed E-state index contributed by atoms with van der Waals surface area (Å²) in [5.41, 5.74) is 5.23. The maximum Gasteiger partial charge on any atom is 0.241 e. The number of H-pyrrole nitrogens is 1. The molecule has 2 heterocycles. The molecule has 1 aliphatic rings. The third kappa shape index (κ3) is 9.44. The Morgan fingerprint density at radius 1 is 0.920 bits per heavy atom. The van der Waals surface area contributed by atoms with Gasteiger partial charge in [0.2, 0.25) is 15.9 Å². The highest BCUT2D eigenvalue weighted by molar-refractivity contribution is 7.99. The van der Waals surface area contributed by atoms with Crippen LogP contribution in [0.1, 0.15) is 52.2 Å². The van der Waals surface area contributed by atoms with Crippen molar-refractivity contribution in [2.24, 2.45) is 0 Å². The number of aryl methyl sites for hydroxylation is 1. The molecule has 1 aliphatic heterocycles. The molecule has 1 amide bonds. The minimum absolute atomic E-state index is 0.0302. The van der Waals surface area contributed by atoms with E-state index in [0.717, 1.165) is 33.4 Å². The second-order valence-corrected chi connectivity index (χ2v) is 14.8. The summed E-state index contributed by atoms with van der Waals surface area (Å²) < 4.78 is 42.0. The fourth-order valence-corrected chi connectivity index (χ4v) is 7.57. The second-order valence-electron chi connectivity index (χ2n) is 12.1. The second kappa shape index (κ2) is 16.6. The minimum atomic E-state index is -3.95. The number of aliphatic hydroxyl groups is 1. The Morgan fingerprint density at radius 3 is 2.30 bits per heavy atom. The van der Waals surface area contributed by atoms with Crippen LogP contribution in [-0.2, 0) is 43.9 Å². The van der Waals surface area contributed by atoms with Gasteiger partial charge in [-0.15, -0.1) is 0 Å². The molecule has 0 radical (unpaired) electrons. The molecule has 6 rings (SSSR count). The number of carbonyl (C=O) groups is 1. The zero-order valence-corrected chi connectivity index (χ0v) is 29.1. The van der Waals surface area contributed by atoms with E-state index in [4.69, 9.17) is 9.47 Å². The Hall–Kier alpha value is -4.37. The number of hydrogen-bond acceptors (Lipinski definition) is 9. The van der Waals surface area contributed by atoms with Gasteiger partial charge in [0.25, 0.3) is 0 Å². The molecule has 50 heavy (non-hydrogen) atoms. The lowest BCUT2D eigenvalue weighted by Crippen LogP contribution is -2.47. The first kappa shape index (κ1) is 35.5. The predicted octanol–water partition coefficient (Wildman–Crippen LogP) is 5.15. The molecule has 0 saturated carbocycles. The maximum absolute atomic E-state index is 13.5. The van der Waals surface area contributed by atoms with Gasteiger partial charge in [-0.3, -0.25) is 9.89 Å². The third-order valence-corrected chi connectivity index (χ3v) is 10.9. The first-order chi connectivity index (χ1) is 24.3. The van der Waals surface area contributed by atoms with Gasteiger partial charge >= 0.3 is 0 Å². The van der Waals surface area contributed by atoms with Gasteiger partial charge in [0.15, 0.2) is 11.4 Å². The molecule has 0 bridgehead atoms. The molecule has 1 aromatic heterocycles. The summed E-state index contributed by atoms with van der Waals surface area (Å²) in [6.45, 7) is 2.04. The summed E-state index contributed by atoms with van der Waals surface area (Å²) in [5, 5.41) is 19.9. The number of aromatic nitrogens is 3. The molecule has 1 saturated heterocycles. The van der Waals surface area contributed by atoms with E-state index in [1.54, 1.807) is 12.1 Å². The van der Waals surface area contributed by atoms with Crippen molar-refractivity contribution in [3.8, 4) is 0 Å². The number of ether oxygens (including phenoxy) is 2. The molecule has 1 fully saturated rings. The fraction of sp³-hybridized carbons (Fsp3) is 0.270. The number of amides is 1. The number of thioether (sulfide) groups is 1. The summed E-state index contributed by atoms with van der Waals surface area (Å²) in [4.78, 5) is 17.8. The molecule has 260 valence electrons. The highest BCUT2D eigenvalue weighted by Gasteiger charge is 2.32. The van der Waals surface area contributed by atoms with Gasteiger partial charge in [-0.1, -0.05) is 108 Å². The quantitative estimate of drug-likeness (QED) is 0.114. The number of rotatable bonds is 14. The van der Waals surface area contributed by atoms with E-state index in [-0.39, 0.29) is 36.7 Å². The highest BCUT2D eigenvalue weighted by atomic mass is 32.2. The van der Waals surface area contributed by atoms with Crippen molar-refractivity contribution < 1.29 is 27.8 Å². The monoisotopic (exact) mass is 713 g/mol. The van der Waals surface area contributed by atoms with E-state index < -0.39 is 28.3 Å². The lowest BCUT2D eigenvalue weighted by Gasteiger charge is -2.36. The summed E-state index contributed by atoms with van der Waals surface area (Å²) in [6, 6.07) is 30.1. The Bertz CT molecular complexity index is 1930. The highest BCUT2D eigenvalue weighted by Crippen LogP contribution is 2.39. The Morgan fingerprint density at radius 2 is 1.62 bits per heavy atom. The van der Waals surface area contributed by atoms with Crippen LogP contribution < -0.4 is 10.0 Å². The van der Waals surface area contributed by atoms with E-state index >= 15 is 0 Å². The lowest BCUT2D eigenvalue weighted by atomic mass is 10.0. The Labute approximate surface area is 295 Å². The van der Waals surface area contributed by atoms with Crippen molar-refractivity contribution in [1.29, 1.82) is 0 Å². The molecule has 0 aliphatic carbocycles. The topological polar surface area (TPSA) is 156 Å². The van der Waals surface area contributed by atoms with E-state index in [1.165, 1.54) is 30.2 Å². The van der Waals surface area contributed by atoms with E-state index in [1.807, 2.05) is 85.8 Å². The molecular formula is C37H39N5O6S2. The number of aliphatic hydroxyl groups excluding tert-OH is 1. The van der Waals surface area contributed by atoms with Crippen molar-refractivity contribution in [2.75, 3.05) is 5.75 Å². The van der Waals surface area contributed by atoms with Crippen LogP contribution in [0.25, 0.3) is 0 Å². The fourth-order valence-electron chi connectivity index (χ4n) is 5.57.